The number of esters is 1. The van der Waals surface area contributed by atoms with Gasteiger partial charge in [0.25, 0.3) is 0 Å². The summed E-state index contributed by atoms with van der Waals surface area (Å²) < 4.78 is 6.66. The molecule has 26 heavy (non-hydrogen) atoms. The number of aromatic nitrogens is 2. The monoisotopic (exact) mass is 375 g/mol. The average molecular weight is 375 g/mol. The van der Waals surface area contributed by atoms with Gasteiger partial charge in [0, 0.05) is 5.75 Å². The van der Waals surface area contributed by atoms with Crippen molar-refractivity contribution in [1.29, 1.82) is 0 Å². The van der Waals surface area contributed by atoms with Crippen LogP contribution >= 0.6 is 11.8 Å². The van der Waals surface area contributed by atoms with Gasteiger partial charge in [-0.15, -0.1) is 11.8 Å². The highest BCUT2D eigenvalue weighted by molar-refractivity contribution is 7.99. The first kappa shape index (κ1) is 20.0. The van der Waals surface area contributed by atoms with Crippen molar-refractivity contribution in [2.45, 2.75) is 45.4 Å². The SMILES string of the molecule is CC(SCc1ccccc1)C(=O)Nc1cnn(COC(=O)C(C)(C)C)c1. The molecule has 1 unspecified atom stereocenters. The summed E-state index contributed by atoms with van der Waals surface area (Å²) in [5.41, 5.74) is 1.20. The average Bonchev–Trinajstić information content (AvgIpc) is 3.04. The summed E-state index contributed by atoms with van der Waals surface area (Å²) in [6.45, 7) is 7.26. The summed E-state index contributed by atoms with van der Waals surface area (Å²) in [6, 6.07) is 10.0. The summed E-state index contributed by atoms with van der Waals surface area (Å²) in [7, 11) is 0. The molecule has 2 aromatic rings. The van der Waals surface area contributed by atoms with Gasteiger partial charge in [0.15, 0.2) is 6.73 Å². The highest BCUT2D eigenvalue weighted by Crippen LogP contribution is 2.19. The number of benzene rings is 1. The normalized spacial score (nSPS) is 12.5. The van der Waals surface area contributed by atoms with E-state index < -0.39 is 5.41 Å². The Morgan fingerprint density at radius 2 is 1.96 bits per heavy atom. The predicted octanol–water partition coefficient (Wildman–Crippen LogP) is 3.69. The van der Waals surface area contributed by atoms with Crippen molar-refractivity contribution in [3.8, 4) is 0 Å². The molecule has 140 valence electrons. The number of carbonyl (C=O) groups is 2. The molecule has 1 atom stereocenters. The van der Waals surface area contributed by atoms with Crippen molar-refractivity contribution in [2.75, 3.05) is 5.32 Å². The molecule has 0 bridgehead atoms. The Hall–Kier alpha value is -2.28. The predicted molar refractivity (Wildman–Crippen MR) is 104 cm³/mol. The lowest BCUT2D eigenvalue weighted by Crippen LogP contribution is -2.24. The van der Waals surface area contributed by atoms with Gasteiger partial charge in [0.2, 0.25) is 5.91 Å². The van der Waals surface area contributed by atoms with Gasteiger partial charge in [0.05, 0.1) is 28.7 Å². The van der Waals surface area contributed by atoms with E-state index in [0.29, 0.717) is 5.69 Å². The molecule has 1 heterocycles. The number of carbonyl (C=O) groups excluding carboxylic acids is 2. The van der Waals surface area contributed by atoms with Crippen molar-refractivity contribution in [1.82, 2.24) is 9.78 Å². The zero-order valence-corrected chi connectivity index (χ0v) is 16.4. The van der Waals surface area contributed by atoms with Crippen LogP contribution in [-0.4, -0.2) is 26.9 Å². The molecule has 0 spiro atoms. The first-order valence-electron chi connectivity index (χ1n) is 8.42. The quantitative estimate of drug-likeness (QED) is 0.747. The molecular formula is C19H25N3O3S. The number of thioether (sulfide) groups is 1. The molecule has 1 N–H and O–H groups in total. The number of rotatable bonds is 7. The molecule has 0 saturated heterocycles. The number of amides is 1. The Morgan fingerprint density at radius 1 is 1.27 bits per heavy atom. The number of ether oxygens (including phenoxy) is 1. The Morgan fingerprint density at radius 3 is 2.62 bits per heavy atom. The van der Waals surface area contributed by atoms with Crippen LogP contribution < -0.4 is 5.32 Å². The van der Waals surface area contributed by atoms with Crippen molar-refractivity contribution < 1.29 is 14.3 Å². The van der Waals surface area contributed by atoms with Crippen LogP contribution in [0.3, 0.4) is 0 Å². The van der Waals surface area contributed by atoms with Gasteiger partial charge >= 0.3 is 5.97 Å². The first-order chi connectivity index (χ1) is 12.3. The maximum atomic E-state index is 12.3. The molecule has 6 nitrogen and oxygen atoms in total. The largest absolute Gasteiger partial charge is 0.442 e. The van der Waals surface area contributed by atoms with Crippen LogP contribution in [0.4, 0.5) is 5.69 Å². The summed E-state index contributed by atoms with van der Waals surface area (Å²) in [5, 5.41) is 6.73. The number of hydrogen-bond donors (Lipinski definition) is 1. The molecule has 1 amide bonds. The Labute approximate surface area is 158 Å². The van der Waals surface area contributed by atoms with Crippen LogP contribution in [-0.2, 0) is 26.8 Å². The van der Waals surface area contributed by atoms with Crippen LogP contribution in [0.2, 0.25) is 0 Å². The van der Waals surface area contributed by atoms with Crippen molar-refractivity contribution in [3.63, 3.8) is 0 Å². The van der Waals surface area contributed by atoms with Crippen molar-refractivity contribution in [3.05, 3.63) is 48.3 Å². The van der Waals surface area contributed by atoms with Crippen LogP contribution in [0.15, 0.2) is 42.7 Å². The van der Waals surface area contributed by atoms with E-state index in [4.69, 9.17) is 4.74 Å². The lowest BCUT2D eigenvalue weighted by molar-refractivity contribution is -0.157. The topological polar surface area (TPSA) is 73.2 Å². The minimum Gasteiger partial charge on any atom is -0.442 e. The maximum absolute atomic E-state index is 12.3. The molecule has 0 aliphatic rings. The Balaban J connectivity index is 1.80. The number of anilines is 1. The number of nitrogens with zero attached hydrogens (tertiary/aromatic N) is 2. The van der Waals surface area contributed by atoms with E-state index in [9.17, 15) is 9.59 Å². The van der Waals surface area contributed by atoms with E-state index in [-0.39, 0.29) is 23.9 Å². The smallest absolute Gasteiger partial charge is 0.313 e. The van der Waals surface area contributed by atoms with E-state index in [1.54, 1.807) is 38.7 Å². The summed E-state index contributed by atoms with van der Waals surface area (Å²) in [5.74, 6) is 0.388. The first-order valence-corrected chi connectivity index (χ1v) is 9.46. The van der Waals surface area contributed by atoms with Gasteiger partial charge in [-0.2, -0.15) is 5.10 Å². The Kier molecular flexibility index (Phi) is 6.85. The van der Waals surface area contributed by atoms with Crippen molar-refractivity contribution >= 4 is 29.3 Å². The van der Waals surface area contributed by atoms with Gasteiger partial charge < -0.3 is 10.1 Å². The molecule has 0 fully saturated rings. The maximum Gasteiger partial charge on any atom is 0.313 e. The fourth-order valence-electron chi connectivity index (χ4n) is 1.96. The van der Waals surface area contributed by atoms with Crippen LogP contribution in [0, 0.1) is 5.41 Å². The van der Waals surface area contributed by atoms with Crippen LogP contribution in [0.25, 0.3) is 0 Å². The van der Waals surface area contributed by atoms with Crippen molar-refractivity contribution in [2.24, 2.45) is 5.41 Å². The number of hydrogen-bond acceptors (Lipinski definition) is 5. The molecule has 0 radical (unpaired) electrons. The molecule has 1 aromatic heterocycles. The van der Waals surface area contributed by atoms with E-state index in [2.05, 4.69) is 10.4 Å². The lowest BCUT2D eigenvalue weighted by atomic mass is 9.98. The molecule has 2 rings (SSSR count). The molecule has 0 aliphatic heterocycles. The van der Waals surface area contributed by atoms with Gasteiger partial charge in [-0.3, -0.25) is 9.59 Å². The fraction of sp³-hybridized carbons (Fsp3) is 0.421. The summed E-state index contributed by atoms with van der Waals surface area (Å²) >= 11 is 1.57. The third-order valence-corrected chi connectivity index (χ3v) is 4.77. The van der Waals surface area contributed by atoms with E-state index in [0.717, 1.165) is 5.75 Å². The lowest BCUT2D eigenvalue weighted by Gasteiger charge is -2.16. The minimum atomic E-state index is -0.560. The minimum absolute atomic E-state index is 0.0181. The second-order valence-electron chi connectivity index (χ2n) is 7.01. The van der Waals surface area contributed by atoms with Crippen LogP contribution in [0.5, 0.6) is 0 Å². The summed E-state index contributed by atoms with van der Waals surface area (Å²) in [6.07, 6.45) is 3.18. The fourth-order valence-corrected chi connectivity index (χ4v) is 2.80. The standard InChI is InChI=1S/C19H25N3O3S/c1-14(26-12-15-8-6-5-7-9-15)17(23)21-16-10-20-22(11-16)13-25-18(24)19(2,3)4/h5-11,14H,12-13H2,1-4H3,(H,21,23). The zero-order valence-electron chi connectivity index (χ0n) is 15.6. The van der Waals surface area contributed by atoms with Gasteiger partial charge in [-0.05, 0) is 33.3 Å². The highest BCUT2D eigenvalue weighted by Gasteiger charge is 2.23. The molecule has 0 saturated carbocycles. The van der Waals surface area contributed by atoms with Gasteiger partial charge in [-0.25, -0.2) is 4.68 Å². The van der Waals surface area contributed by atoms with Crippen LogP contribution in [0.1, 0.15) is 33.3 Å². The second-order valence-corrected chi connectivity index (χ2v) is 8.34. The molecule has 7 heteroatoms. The van der Waals surface area contributed by atoms with Gasteiger partial charge in [-0.1, -0.05) is 30.3 Å². The third-order valence-electron chi connectivity index (χ3n) is 3.55. The highest BCUT2D eigenvalue weighted by atomic mass is 32.2. The second kappa shape index (κ2) is 8.89. The van der Waals surface area contributed by atoms with E-state index >= 15 is 0 Å². The molecular weight excluding hydrogens is 350 g/mol. The molecule has 1 aromatic carbocycles. The van der Waals surface area contributed by atoms with Gasteiger partial charge in [0.1, 0.15) is 0 Å². The molecule has 0 aliphatic carbocycles. The third kappa shape index (κ3) is 6.22. The van der Waals surface area contributed by atoms with E-state index in [1.165, 1.54) is 16.4 Å². The van der Waals surface area contributed by atoms with E-state index in [1.807, 2.05) is 37.3 Å². The zero-order chi connectivity index (χ0) is 19.2. The summed E-state index contributed by atoms with van der Waals surface area (Å²) in [4.78, 5) is 24.1. The Bertz CT molecular complexity index is 738. The number of nitrogens with one attached hydrogen (secondary N) is 1.